The van der Waals surface area contributed by atoms with Crippen molar-refractivity contribution in [2.45, 2.75) is 33.7 Å². The summed E-state index contributed by atoms with van der Waals surface area (Å²) in [5, 5.41) is 3.14. The number of aryl methyl sites for hydroxylation is 3. The van der Waals surface area contributed by atoms with E-state index in [1.54, 1.807) is 0 Å². The third-order valence-corrected chi connectivity index (χ3v) is 5.14. The third kappa shape index (κ3) is 4.05. The Morgan fingerprint density at radius 3 is 2.31 bits per heavy atom. The number of nitrogens with one attached hydrogen (secondary N) is 1. The number of aromatic nitrogens is 1. The van der Waals surface area contributed by atoms with E-state index in [2.05, 4.69) is 39.2 Å². The van der Waals surface area contributed by atoms with E-state index in [0.29, 0.717) is 0 Å². The molecule has 0 bridgehead atoms. The average molecular weight is 352 g/mol. The molecule has 26 heavy (non-hydrogen) atoms. The van der Waals surface area contributed by atoms with Gasteiger partial charge in [0, 0.05) is 38.1 Å². The van der Waals surface area contributed by atoms with Crippen LogP contribution in [0.25, 0.3) is 0 Å². The van der Waals surface area contributed by atoms with Gasteiger partial charge in [-0.2, -0.15) is 0 Å². The minimum atomic E-state index is -0.152. The summed E-state index contributed by atoms with van der Waals surface area (Å²) in [6, 6.07) is 10.0. The van der Waals surface area contributed by atoms with E-state index in [4.69, 9.17) is 0 Å². The molecule has 1 amide bonds. The molecule has 1 aliphatic heterocycles. The smallest absolute Gasteiger partial charge is 0.241 e. The van der Waals surface area contributed by atoms with Crippen LogP contribution in [0.15, 0.2) is 36.5 Å². The predicted octanol–water partition coefficient (Wildman–Crippen LogP) is 3.16. The molecule has 0 aliphatic carbocycles. The first-order chi connectivity index (χ1) is 12.5. The molecule has 1 atom stereocenters. The zero-order chi connectivity index (χ0) is 18.7. The molecule has 1 fully saturated rings. The van der Waals surface area contributed by atoms with Crippen molar-refractivity contribution in [1.29, 1.82) is 0 Å². The van der Waals surface area contributed by atoms with Crippen LogP contribution in [0.3, 0.4) is 0 Å². The maximum Gasteiger partial charge on any atom is 0.241 e. The summed E-state index contributed by atoms with van der Waals surface area (Å²) in [6.07, 6.45) is 1.82. The third-order valence-electron chi connectivity index (χ3n) is 5.14. The molecule has 1 N–H and O–H groups in total. The molecular formula is C21H28N4O. The van der Waals surface area contributed by atoms with Gasteiger partial charge in [-0.3, -0.25) is 9.69 Å². The highest BCUT2D eigenvalue weighted by atomic mass is 16.2. The van der Waals surface area contributed by atoms with Gasteiger partial charge in [-0.1, -0.05) is 23.8 Å². The quantitative estimate of drug-likeness (QED) is 0.918. The number of benzene rings is 1. The van der Waals surface area contributed by atoms with Crippen LogP contribution in [-0.2, 0) is 4.79 Å². The minimum absolute atomic E-state index is 0.0614. The van der Waals surface area contributed by atoms with Gasteiger partial charge in [0.2, 0.25) is 5.91 Å². The van der Waals surface area contributed by atoms with Crippen molar-refractivity contribution < 1.29 is 4.79 Å². The number of amides is 1. The SMILES string of the molecule is Cc1cc(C)c(NC(=O)[C@H](C)N2CCN(c3ccccn3)CC2)c(C)c1. The fraction of sp³-hybridized carbons (Fsp3) is 0.429. The highest BCUT2D eigenvalue weighted by Crippen LogP contribution is 2.23. The summed E-state index contributed by atoms with van der Waals surface area (Å²) in [4.78, 5) is 21.7. The maximum absolute atomic E-state index is 12.8. The molecule has 0 unspecified atom stereocenters. The van der Waals surface area contributed by atoms with Crippen molar-refractivity contribution in [2.24, 2.45) is 0 Å². The Kier molecular flexibility index (Phi) is 5.57. The van der Waals surface area contributed by atoms with Crippen molar-refractivity contribution >= 4 is 17.4 Å². The van der Waals surface area contributed by atoms with Gasteiger partial charge in [0.15, 0.2) is 0 Å². The molecule has 0 saturated carbocycles. The largest absolute Gasteiger partial charge is 0.354 e. The number of hydrogen-bond donors (Lipinski definition) is 1. The Morgan fingerprint density at radius 2 is 1.73 bits per heavy atom. The Bertz CT molecular complexity index is 744. The summed E-state index contributed by atoms with van der Waals surface area (Å²) in [5.41, 5.74) is 4.39. The molecule has 1 aliphatic rings. The van der Waals surface area contributed by atoms with Crippen LogP contribution in [0, 0.1) is 20.8 Å². The van der Waals surface area contributed by atoms with Crippen LogP contribution in [0.2, 0.25) is 0 Å². The average Bonchev–Trinajstić information content (AvgIpc) is 2.64. The molecule has 138 valence electrons. The second-order valence-corrected chi connectivity index (χ2v) is 7.15. The van der Waals surface area contributed by atoms with E-state index < -0.39 is 0 Å². The Labute approximate surface area is 156 Å². The Balaban J connectivity index is 1.60. The van der Waals surface area contributed by atoms with Crippen LogP contribution in [-0.4, -0.2) is 48.0 Å². The van der Waals surface area contributed by atoms with E-state index in [-0.39, 0.29) is 11.9 Å². The van der Waals surface area contributed by atoms with Crippen molar-refractivity contribution in [3.63, 3.8) is 0 Å². The lowest BCUT2D eigenvalue weighted by molar-refractivity contribution is -0.120. The summed E-state index contributed by atoms with van der Waals surface area (Å²) in [5.74, 6) is 1.07. The first-order valence-corrected chi connectivity index (χ1v) is 9.24. The van der Waals surface area contributed by atoms with Gasteiger partial charge in [-0.25, -0.2) is 4.98 Å². The normalized spacial score (nSPS) is 16.4. The number of piperazine rings is 1. The molecule has 2 aromatic rings. The van der Waals surface area contributed by atoms with Crippen molar-refractivity contribution in [2.75, 3.05) is 36.4 Å². The fourth-order valence-electron chi connectivity index (χ4n) is 3.65. The summed E-state index contributed by atoms with van der Waals surface area (Å²) >= 11 is 0. The molecule has 0 spiro atoms. The monoisotopic (exact) mass is 352 g/mol. The van der Waals surface area contributed by atoms with Crippen LogP contribution in [0.5, 0.6) is 0 Å². The van der Waals surface area contributed by atoms with Gasteiger partial charge in [0.25, 0.3) is 0 Å². The highest BCUT2D eigenvalue weighted by molar-refractivity contribution is 5.96. The molecule has 1 aromatic carbocycles. The summed E-state index contributed by atoms with van der Waals surface area (Å²) in [6.45, 7) is 11.7. The molecule has 5 heteroatoms. The minimum Gasteiger partial charge on any atom is -0.354 e. The zero-order valence-corrected chi connectivity index (χ0v) is 16.1. The molecule has 3 rings (SSSR count). The number of hydrogen-bond acceptors (Lipinski definition) is 4. The number of carbonyl (C=O) groups excluding carboxylic acids is 1. The van der Waals surface area contributed by atoms with E-state index >= 15 is 0 Å². The second-order valence-electron chi connectivity index (χ2n) is 7.15. The van der Waals surface area contributed by atoms with E-state index in [9.17, 15) is 4.79 Å². The second kappa shape index (κ2) is 7.87. The number of carbonyl (C=O) groups is 1. The lowest BCUT2D eigenvalue weighted by Gasteiger charge is -2.38. The molecule has 1 aromatic heterocycles. The van der Waals surface area contributed by atoms with Crippen molar-refractivity contribution in [3.8, 4) is 0 Å². The maximum atomic E-state index is 12.8. The molecule has 1 saturated heterocycles. The fourth-order valence-corrected chi connectivity index (χ4v) is 3.65. The lowest BCUT2D eigenvalue weighted by Crippen LogP contribution is -2.53. The first-order valence-electron chi connectivity index (χ1n) is 9.24. The predicted molar refractivity (Wildman–Crippen MR) is 107 cm³/mol. The lowest BCUT2D eigenvalue weighted by atomic mass is 10.0. The van der Waals surface area contributed by atoms with Crippen molar-refractivity contribution in [3.05, 3.63) is 53.2 Å². The van der Waals surface area contributed by atoms with Crippen LogP contribution in [0.1, 0.15) is 23.6 Å². The van der Waals surface area contributed by atoms with Crippen LogP contribution in [0.4, 0.5) is 11.5 Å². The van der Waals surface area contributed by atoms with Crippen molar-refractivity contribution in [1.82, 2.24) is 9.88 Å². The summed E-state index contributed by atoms with van der Waals surface area (Å²) in [7, 11) is 0. The van der Waals surface area contributed by atoms with E-state index in [1.807, 2.05) is 45.2 Å². The first kappa shape index (κ1) is 18.4. The Hall–Kier alpha value is -2.40. The molecule has 0 radical (unpaired) electrons. The summed E-state index contributed by atoms with van der Waals surface area (Å²) < 4.78 is 0. The number of anilines is 2. The molecule has 5 nitrogen and oxygen atoms in total. The van der Waals surface area contributed by atoms with Gasteiger partial charge < -0.3 is 10.2 Å². The van der Waals surface area contributed by atoms with E-state index in [0.717, 1.165) is 48.8 Å². The van der Waals surface area contributed by atoms with Crippen LogP contribution < -0.4 is 10.2 Å². The number of pyridine rings is 1. The van der Waals surface area contributed by atoms with Gasteiger partial charge in [-0.15, -0.1) is 0 Å². The topological polar surface area (TPSA) is 48.5 Å². The number of nitrogens with zero attached hydrogens (tertiary/aromatic N) is 3. The standard InChI is InChI=1S/C21H28N4O/c1-15-13-16(2)20(17(3)14-15)23-21(26)18(4)24-9-11-25(12-10-24)19-7-5-6-8-22-19/h5-8,13-14,18H,9-12H2,1-4H3,(H,23,26)/t18-/m0/s1. The highest BCUT2D eigenvalue weighted by Gasteiger charge is 2.26. The van der Waals surface area contributed by atoms with Gasteiger partial charge in [0.05, 0.1) is 6.04 Å². The van der Waals surface area contributed by atoms with Gasteiger partial charge >= 0.3 is 0 Å². The van der Waals surface area contributed by atoms with E-state index in [1.165, 1.54) is 5.56 Å². The van der Waals surface area contributed by atoms with Gasteiger partial charge in [0.1, 0.15) is 5.82 Å². The zero-order valence-electron chi connectivity index (χ0n) is 16.1. The van der Waals surface area contributed by atoms with Gasteiger partial charge in [-0.05, 0) is 51.0 Å². The van der Waals surface area contributed by atoms with Crippen LogP contribution >= 0.6 is 0 Å². The molecular weight excluding hydrogens is 324 g/mol. The number of rotatable bonds is 4. The Morgan fingerprint density at radius 1 is 1.08 bits per heavy atom. The molecule has 2 heterocycles.